The van der Waals surface area contributed by atoms with Crippen LogP contribution in [0.15, 0.2) is 30.3 Å². The molecule has 18 heavy (non-hydrogen) atoms. The van der Waals surface area contributed by atoms with E-state index in [0.29, 0.717) is 18.8 Å². The van der Waals surface area contributed by atoms with Crippen LogP contribution in [0, 0.1) is 17.2 Å². The fourth-order valence-electron chi connectivity index (χ4n) is 2.81. The van der Waals surface area contributed by atoms with Crippen LogP contribution in [0.25, 0.3) is 0 Å². The summed E-state index contributed by atoms with van der Waals surface area (Å²) in [6.07, 6.45) is 6.67. The Morgan fingerprint density at radius 1 is 1.22 bits per heavy atom. The summed E-state index contributed by atoms with van der Waals surface area (Å²) in [5.74, 6) is 0.660. The van der Waals surface area contributed by atoms with Crippen molar-refractivity contribution in [2.75, 3.05) is 0 Å². The molecular formula is C16H21NO. The summed E-state index contributed by atoms with van der Waals surface area (Å²) in [5, 5.41) is 19.0. The van der Waals surface area contributed by atoms with E-state index in [2.05, 4.69) is 30.3 Å². The highest BCUT2D eigenvalue weighted by Gasteiger charge is 2.30. The first kappa shape index (κ1) is 13.1. The third-order valence-corrected chi connectivity index (χ3v) is 4.06. The number of rotatable bonds is 3. The number of nitrogens with zero attached hydrogens (tertiary/aromatic N) is 1. The summed E-state index contributed by atoms with van der Waals surface area (Å²) in [6.45, 7) is 0. The Hall–Kier alpha value is -1.33. The monoisotopic (exact) mass is 243 g/mol. The number of aryl methyl sites for hydroxylation is 1. The highest BCUT2D eigenvalue weighted by atomic mass is 16.3. The van der Waals surface area contributed by atoms with Crippen LogP contribution in [-0.2, 0) is 6.42 Å². The molecule has 1 aromatic rings. The molecule has 0 spiro atoms. The van der Waals surface area contributed by atoms with E-state index in [4.69, 9.17) is 5.26 Å². The fourth-order valence-corrected chi connectivity index (χ4v) is 2.81. The molecule has 0 aliphatic heterocycles. The SMILES string of the molecule is N#CC1(O)CCCC(CCc2ccccc2)CC1. The van der Waals surface area contributed by atoms with Gasteiger partial charge in [0.2, 0.25) is 0 Å². The van der Waals surface area contributed by atoms with E-state index in [0.717, 1.165) is 25.7 Å². The molecule has 1 aromatic carbocycles. The normalized spacial score (nSPS) is 28.3. The number of hydrogen-bond donors (Lipinski definition) is 1. The molecule has 1 fully saturated rings. The first-order valence-corrected chi connectivity index (χ1v) is 6.89. The summed E-state index contributed by atoms with van der Waals surface area (Å²) in [4.78, 5) is 0. The van der Waals surface area contributed by atoms with Crippen LogP contribution < -0.4 is 0 Å². The molecule has 0 radical (unpaired) electrons. The maximum absolute atomic E-state index is 10.0. The van der Waals surface area contributed by atoms with E-state index in [9.17, 15) is 5.11 Å². The zero-order valence-electron chi connectivity index (χ0n) is 10.8. The van der Waals surface area contributed by atoms with Crippen LogP contribution in [0.5, 0.6) is 0 Å². The van der Waals surface area contributed by atoms with E-state index in [1.165, 1.54) is 12.0 Å². The lowest BCUT2D eigenvalue weighted by atomic mass is 9.91. The average molecular weight is 243 g/mol. The lowest BCUT2D eigenvalue weighted by Gasteiger charge is -2.17. The standard InChI is InChI=1S/C16H21NO/c17-13-16(18)11-4-7-15(10-12-16)9-8-14-5-2-1-3-6-14/h1-3,5-6,15,18H,4,7-12H2. The van der Waals surface area contributed by atoms with Crippen LogP contribution in [0.2, 0.25) is 0 Å². The molecule has 2 nitrogen and oxygen atoms in total. The Morgan fingerprint density at radius 2 is 2.00 bits per heavy atom. The third kappa shape index (κ3) is 3.58. The zero-order chi connectivity index (χ0) is 12.8. The Bertz CT molecular complexity index is 409. The first-order valence-electron chi connectivity index (χ1n) is 6.89. The summed E-state index contributed by atoms with van der Waals surface area (Å²) in [6, 6.07) is 12.6. The van der Waals surface area contributed by atoms with Crippen molar-refractivity contribution in [3.63, 3.8) is 0 Å². The van der Waals surface area contributed by atoms with Gasteiger partial charge in [0.1, 0.15) is 0 Å². The molecule has 0 aromatic heterocycles. The Balaban J connectivity index is 1.83. The van der Waals surface area contributed by atoms with E-state index < -0.39 is 5.60 Å². The summed E-state index contributed by atoms with van der Waals surface area (Å²) in [5.41, 5.74) is 0.332. The maximum atomic E-state index is 10.0. The minimum atomic E-state index is -1.05. The lowest BCUT2D eigenvalue weighted by molar-refractivity contribution is 0.0812. The van der Waals surface area contributed by atoms with Crippen LogP contribution in [0.3, 0.4) is 0 Å². The van der Waals surface area contributed by atoms with Crippen molar-refractivity contribution in [1.82, 2.24) is 0 Å². The number of hydrogen-bond acceptors (Lipinski definition) is 2. The van der Waals surface area contributed by atoms with Gasteiger partial charge < -0.3 is 5.11 Å². The lowest BCUT2D eigenvalue weighted by Crippen LogP contribution is -2.24. The molecule has 0 amide bonds. The second-order valence-corrected chi connectivity index (χ2v) is 5.46. The molecule has 1 aliphatic rings. The molecule has 1 aliphatic carbocycles. The molecule has 0 heterocycles. The van der Waals surface area contributed by atoms with Crippen molar-refractivity contribution in [3.8, 4) is 6.07 Å². The van der Waals surface area contributed by atoms with Gasteiger partial charge in [0, 0.05) is 0 Å². The van der Waals surface area contributed by atoms with Crippen LogP contribution in [-0.4, -0.2) is 10.7 Å². The molecule has 2 unspecified atom stereocenters. The van der Waals surface area contributed by atoms with Crippen LogP contribution in [0.4, 0.5) is 0 Å². The molecule has 0 saturated heterocycles. The predicted octanol–water partition coefficient (Wildman–Crippen LogP) is 3.45. The minimum Gasteiger partial charge on any atom is -0.375 e. The van der Waals surface area contributed by atoms with Gasteiger partial charge in [0.25, 0.3) is 0 Å². The molecule has 96 valence electrons. The van der Waals surface area contributed by atoms with E-state index >= 15 is 0 Å². The fraction of sp³-hybridized carbons (Fsp3) is 0.562. The molecule has 2 rings (SSSR count). The van der Waals surface area contributed by atoms with E-state index in [-0.39, 0.29) is 0 Å². The van der Waals surface area contributed by atoms with Gasteiger partial charge in [-0.1, -0.05) is 36.8 Å². The van der Waals surface area contributed by atoms with Crippen molar-refractivity contribution in [2.45, 2.75) is 50.5 Å². The number of benzene rings is 1. The molecule has 2 atom stereocenters. The van der Waals surface area contributed by atoms with Crippen molar-refractivity contribution < 1.29 is 5.11 Å². The largest absolute Gasteiger partial charge is 0.375 e. The van der Waals surface area contributed by atoms with Gasteiger partial charge in [-0.3, -0.25) is 0 Å². The Morgan fingerprint density at radius 3 is 2.72 bits per heavy atom. The smallest absolute Gasteiger partial charge is 0.151 e. The molecular weight excluding hydrogens is 222 g/mol. The third-order valence-electron chi connectivity index (χ3n) is 4.06. The van der Waals surface area contributed by atoms with E-state index in [1.54, 1.807) is 0 Å². The zero-order valence-corrected chi connectivity index (χ0v) is 10.8. The summed E-state index contributed by atoms with van der Waals surface area (Å²) >= 11 is 0. The average Bonchev–Trinajstić information content (AvgIpc) is 2.60. The van der Waals surface area contributed by atoms with Crippen LogP contribution >= 0.6 is 0 Å². The number of nitriles is 1. The van der Waals surface area contributed by atoms with Crippen molar-refractivity contribution in [2.24, 2.45) is 5.92 Å². The van der Waals surface area contributed by atoms with Gasteiger partial charge in [0.05, 0.1) is 6.07 Å². The second-order valence-electron chi connectivity index (χ2n) is 5.46. The summed E-state index contributed by atoms with van der Waals surface area (Å²) < 4.78 is 0. The first-order chi connectivity index (χ1) is 8.72. The summed E-state index contributed by atoms with van der Waals surface area (Å²) in [7, 11) is 0. The molecule has 1 saturated carbocycles. The van der Waals surface area contributed by atoms with Gasteiger partial charge in [-0.05, 0) is 50.0 Å². The second kappa shape index (κ2) is 6.02. The Kier molecular flexibility index (Phi) is 4.38. The number of aliphatic hydroxyl groups is 1. The maximum Gasteiger partial charge on any atom is 0.151 e. The van der Waals surface area contributed by atoms with Crippen molar-refractivity contribution >= 4 is 0 Å². The Labute approximate surface area is 109 Å². The van der Waals surface area contributed by atoms with Gasteiger partial charge in [-0.25, -0.2) is 0 Å². The quantitative estimate of drug-likeness (QED) is 0.652. The van der Waals surface area contributed by atoms with Gasteiger partial charge in [-0.15, -0.1) is 0 Å². The van der Waals surface area contributed by atoms with E-state index in [1.807, 2.05) is 6.07 Å². The van der Waals surface area contributed by atoms with Crippen molar-refractivity contribution in [3.05, 3.63) is 35.9 Å². The van der Waals surface area contributed by atoms with Gasteiger partial charge >= 0.3 is 0 Å². The topological polar surface area (TPSA) is 44.0 Å². The van der Waals surface area contributed by atoms with Crippen LogP contribution in [0.1, 0.15) is 44.1 Å². The highest BCUT2D eigenvalue weighted by molar-refractivity contribution is 5.14. The van der Waals surface area contributed by atoms with Crippen molar-refractivity contribution in [1.29, 1.82) is 5.26 Å². The molecule has 2 heteroatoms. The molecule has 1 N–H and O–H groups in total. The minimum absolute atomic E-state index is 0.642. The molecule has 0 bridgehead atoms. The van der Waals surface area contributed by atoms with Gasteiger partial charge in [-0.2, -0.15) is 5.26 Å². The predicted molar refractivity (Wildman–Crippen MR) is 71.9 cm³/mol. The van der Waals surface area contributed by atoms with Gasteiger partial charge in [0.15, 0.2) is 5.60 Å². The highest BCUT2D eigenvalue weighted by Crippen LogP contribution is 2.32.